The van der Waals surface area contributed by atoms with Gasteiger partial charge in [0.05, 0.1) is 0 Å². The zero-order valence-electron chi connectivity index (χ0n) is 10.2. The maximum absolute atomic E-state index is 8.96. The number of H-pyrrole nitrogens is 1. The molecule has 0 spiro atoms. The molecule has 0 aliphatic heterocycles. The Hall–Kier alpha value is -1.32. The Morgan fingerprint density at radius 2 is 2.24 bits per heavy atom. The van der Waals surface area contributed by atoms with Crippen molar-refractivity contribution in [2.75, 3.05) is 6.61 Å². The summed E-state index contributed by atoms with van der Waals surface area (Å²) in [6, 6.07) is 8.81. The van der Waals surface area contributed by atoms with E-state index in [-0.39, 0.29) is 6.61 Å². The molecular weight excluding hydrogens is 212 g/mol. The highest BCUT2D eigenvalue weighted by Crippen LogP contribution is 2.17. The number of rotatable bonds is 6. The van der Waals surface area contributed by atoms with Gasteiger partial charge in [-0.15, -0.1) is 0 Å². The minimum absolute atomic E-state index is 0.250. The molecule has 0 amide bonds. The Labute approximate surface area is 102 Å². The van der Waals surface area contributed by atoms with E-state index in [1.807, 2.05) is 6.20 Å². The van der Waals surface area contributed by atoms with Crippen LogP contribution in [0.3, 0.4) is 0 Å². The van der Waals surface area contributed by atoms with Crippen molar-refractivity contribution in [2.24, 2.45) is 0 Å². The summed E-state index contributed by atoms with van der Waals surface area (Å²) < 4.78 is 0. The van der Waals surface area contributed by atoms with E-state index >= 15 is 0 Å². The highest BCUT2D eigenvalue weighted by atomic mass is 16.3. The number of hydrogen-bond donors (Lipinski definition) is 3. The van der Waals surface area contributed by atoms with E-state index in [1.54, 1.807) is 0 Å². The first-order valence-corrected chi connectivity index (χ1v) is 6.24. The van der Waals surface area contributed by atoms with Gasteiger partial charge in [-0.05, 0) is 30.5 Å². The topological polar surface area (TPSA) is 48.0 Å². The molecule has 1 aromatic carbocycles. The lowest BCUT2D eigenvalue weighted by atomic mass is 10.1. The van der Waals surface area contributed by atoms with Gasteiger partial charge in [-0.25, -0.2) is 0 Å². The minimum Gasteiger partial charge on any atom is -0.396 e. The van der Waals surface area contributed by atoms with Crippen LogP contribution >= 0.6 is 0 Å². The van der Waals surface area contributed by atoms with E-state index in [1.165, 1.54) is 16.5 Å². The monoisotopic (exact) mass is 232 g/mol. The maximum Gasteiger partial charge on any atom is 0.0457 e. The molecule has 0 aliphatic carbocycles. The third kappa shape index (κ3) is 2.87. The molecule has 0 radical (unpaired) electrons. The van der Waals surface area contributed by atoms with Crippen LogP contribution in [0.25, 0.3) is 10.9 Å². The average molecular weight is 232 g/mol. The Morgan fingerprint density at radius 1 is 1.35 bits per heavy atom. The van der Waals surface area contributed by atoms with Gasteiger partial charge < -0.3 is 15.4 Å². The molecule has 3 N–H and O–H groups in total. The summed E-state index contributed by atoms with van der Waals surface area (Å²) in [5.41, 5.74) is 2.49. The van der Waals surface area contributed by atoms with Crippen molar-refractivity contribution in [1.29, 1.82) is 0 Å². The van der Waals surface area contributed by atoms with Crippen LogP contribution in [0.1, 0.15) is 25.3 Å². The van der Waals surface area contributed by atoms with E-state index in [2.05, 4.69) is 41.5 Å². The number of aromatic amines is 1. The molecule has 0 bridgehead atoms. The zero-order valence-corrected chi connectivity index (χ0v) is 10.2. The molecule has 1 atom stereocenters. The van der Waals surface area contributed by atoms with Gasteiger partial charge in [0.15, 0.2) is 0 Å². The van der Waals surface area contributed by atoms with Crippen LogP contribution in [0, 0.1) is 0 Å². The quantitative estimate of drug-likeness (QED) is 0.716. The fourth-order valence-electron chi connectivity index (χ4n) is 2.17. The van der Waals surface area contributed by atoms with E-state index in [4.69, 9.17) is 5.11 Å². The summed E-state index contributed by atoms with van der Waals surface area (Å²) in [7, 11) is 0. The molecule has 0 saturated heterocycles. The normalized spacial score (nSPS) is 13.1. The lowest BCUT2D eigenvalue weighted by Gasteiger charge is -2.16. The summed E-state index contributed by atoms with van der Waals surface area (Å²) in [6.45, 7) is 3.25. The number of nitrogens with one attached hydrogen (secondary N) is 2. The predicted octanol–water partition coefficient (Wildman–Crippen LogP) is 2.42. The first-order valence-electron chi connectivity index (χ1n) is 6.24. The number of aromatic nitrogens is 1. The summed E-state index contributed by atoms with van der Waals surface area (Å²) >= 11 is 0. The van der Waals surface area contributed by atoms with Crippen molar-refractivity contribution >= 4 is 10.9 Å². The van der Waals surface area contributed by atoms with Crippen molar-refractivity contribution in [3.63, 3.8) is 0 Å². The molecule has 2 aromatic rings. The van der Waals surface area contributed by atoms with E-state index in [0.29, 0.717) is 6.04 Å². The first kappa shape index (κ1) is 12.1. The summed E-state index contributed by atoms with van der Waals surface area (Å²) in [6.07, 6.45) is 3.84. The van der Waals surface area contributed by atoms with Gasteiger partial charge in [0.1, 0.15) is 0 Å². The molecule has 3 heteroatoms. The van der Waals surface area contributed by atoms with Gasteiger partial charge in [-0.2, -0.15) is 0 Å². The number of benzene rings is 1. The van der Waals surface area contributed by atoms with Crippen molar-refractivity contribution < 1.29 is 5.11 Å². The second kappa shape index (κ2) is 5.84. The van der Waals surface area contributed by atoms with Crippen LogP contribution in [0.4, 0.5) is 0 Å². The molecule has 1 unspecified atom stereocenters. The molecular formula is C14H20N2O. The van der Waals surface area contributed by atoms with Gasteiger partial charge in [-0.3, -0.25) is 0 Å². The van der Waals surface area contributed by atoms with Crippen molar-refractivity contribution in [2.45, 2.75) is 32.4 Å². The van der Waals surface area contributed by atoms with Gasteiger partial charge in [0, 0.05) is 36.3 Å². The molecule has 1 heterocycles. The lowest BCUT2D eigenvalue weighted by molar-refractivity contribution is 0.262. The molecule has 3 nitrogen and oxygen atoms in total. The van der Waals surface area contributed by atoms with Crippen LogP contribution in [0.15, 0.2) is 30.5 Å². The van der Waals surface area contributed by atoms with E-state index < -0.39 is 0 Å². The fourth-order valence-corrected chi connectivity index (χ4v) is 2.17. The van der Waals surface area contributed by atoms with Crippen molar-refractivity contribution in [1.82, 2.24) is 10.3 Å². The second-order valence-electron chi connectivity index (χ2n) is 4.35. The van der Waals surface area contributed by atoms with Gasteiger partial charge >= 0.3 is 0 Å². The van der Waals surface area contributed by atoms with Gasteiger partial charge in [0.25, 0.3) is 0 Å². The van der Waals surface area contributed by atoms with E-state index in [0.717, 1.165) is 19.4 Å². The minimum atomic E-state index is 0.250. The number of aliphatic hydroxyl groups is 1. The van der Waals surface area contributed by atoms with E-state index in [9.17, 15) is 0 Å². The van der Waals surface area contributed by atoms with Gasteiger partial charge in [0.2, 0.25) is 0 Å². The van der Waals surface area contributed by atoms with Crippen LogP contribution < -0.4 is 5.32 Å². The summed E-state index contributed by atoms with van der Waals surface area (Å²) in [5, 5.41) is 13.7. The molecule has 0 aliphatic rings. The highest BCUT2D eigenvalue weighted by molar-refractivity contribution is 5.82. The number of hydrogen-bond acceptors (Lipinski definition) is 2. The zero-order chi connectivity index (χ0) is 12.1. The van der Waals surface area contributed by atoms with Crippen LogP contribution in [-0.4, -0.2) is 22.7 Å². The summed E-state index contributed by atoms with van der Waals surface area (Å²) in [4.78, 5) is 3.22. The summed E-state index contributed by atoms with van der Waals surface area (Å²) in [5.74, 6) is 0. The maximum atomic E-state index is 8.96. The third-order valence-electron chi connectivity index (χ3n) is 3.24. The molecule has 1 aromatic heterocycles. The molecule has 17 heavy (non-hydrogen) atoms. The largest absolute Gasteiger partial charge is 0.396 e. The highest BCUT2D eigenvalue weighted by Gasteiger charge is 2.06. The Balaban J connectivity index is 2.05. The molecule has 0 fully saturated rings. The number of fused-ring (bicyclic) bond motifs is 1. The van der Waals surface area contributed by atoms with Crippen LogP contribution in [0.2, 0.25) is 0 Å². The Morgan fingerprint density at radius 3 is 3.00 bits per heavy atom. The molecule has 92 valence electrons. The lowest BCUT2D eigenvalue weighted by Crippen LogP contribution is -2.28. The fraction of sp³-hybridized carbons (Fsp3) is 0.429. The first-order chi connectivity index (χ1) is 8.35. The Kier molecular flexibility index (Phi) is 4.18. The second-order valence-corrected chi connectivity index (χ2v) is 4.35. The van der Waals surface area contributed by atoms with Gasteiger partial charge in [-0.1, -0.05) is 19.1 Å². The third-order valence-corrected chi connectivity index (χ3v) is 3.24. The van der Waals surface area contributed by atoms with Crippen LogP contribution in [-0.2, 0) is 6.54 Å². The standard InChI is InChI=1S/C14H20N2O/c1-2-12(7-9-17)16-10-11-4-3-5-14-13(11)6-8-15-14/h3-6,8,12,15-17H,2,7,9-10H2,1H3. The number of aliphatic hydroxyl groups excluding tert-OH is 1. The molecule has 0 saturated carbocycles. The molecule has 2 rings (SSSR count). The Bertz CT molecular complexity index is 464. The van der Waals surface area contributed by atoms with Crippen molar-refractivity contribution in [3.8, 4) is 0 Å². The van der Waals surface area contributed by atoms with Crippen LogP contribution in [0.5, 0.6) is 0 Å². The SMILES string of the molecule is CCC(CCO)NCc1cccc2[nH]ccc12. The predicted molar refractivity (Wildman–Crippen MR) is 70.9 cm³/mol. The van der Waals surface area contributed by atoms with Crippen molar-refractivity contribution in [3.05, 3.63) is 36.0 Å². The smallest absolute Gasteiger partial charge is 0.0457 e. The average Bonchev–Trinajstić information content (AvgIpc) is 2.83.